The lowest BCUT2D eigenvalue weighted by Crippen LogP contribution is -3.00. The van der Waals surface area contributed by atoms with Crippen molar-refractivity contribution in [2.45, 2.75) is 18.9 Å². The summed E-state index contributed by atoms with van der Waals surface area (Å²) in [6, 6.07) is 6.83. The molecule has 18 heavy (non-hydrogen) atoms. The summed E-state index contributed by atoms with van der Waals surface area (Å²) in [5.41, 5.74) is 6.79. The lowest BCUT2D eigenvalue weighted by molar-refractivity contribution is -0.0000645. The number of piperidine rings is 1. The lowest BCUT2D eigenvalue weighted by atomic mass is 10.1. The van der Waals surface area contributed by atoms with Crippen LogP contribution in [0, 0.1) is 0 Å². The fraction of sp³-hybridized carbons (Fsp3) is 0.462. The summed E-state index contributed by atoms with van der Waals surface area (Å²) in [6.07, 6.45) is 1.88. The molecule has 1 aliphatic heterocycles. The van der Waals surface area contributed by atoms with Crippen LogP contribution in [0.25, 0.3) is 0 Å². The van der Waals surface area contributed by atoms with Gasteiger partial charge < -0.3 is 27.8 Å². The van der Waals surface area contributed by atoms with Crippen molar-refractivity contribution >= 4 is 11.7 Å². The van der Waals surface area contributed by atoms with Crippen LogP contribution in [0.15, 0.2) is 24.3 Å². The quantitative estimate of drug-likeness (QED) is 0.533. The van der Waals surface area contributed by atoms with Crippen LogP contribution in [0.4, 0.5) is 5.69 Å². The standard InChI is InChI=1S/C13H18N2O2.ClH/c1-15-8-6-12(7-9-15)17-13(16)10-2-4-11(14)5-3-10;/h2-5,12H,6-9,14H2,1H3;1H. The molecule has 0 saturated carbocycles. The molecule has 1 aromatic rings. The van der Waals surface area contributed by atoms with Crippen LogP contribution < -0.4 is 18.1 Å². The molecule has 1 heterocycles. The Bertz CT molecular complexity index is 392. The van der Waals surface area contributed by atoms with Gasteiger partial charge in [-0.1, -0.05) is 0 Å². The summed E-state index contributed by atoms with van der Waals surface area (Å²) >= 11 is 0. The molecule has 0 bridgehead atoms. The van der Waals surface area contributed by atoms with E-state index in [1.54, 1.807) is 24.3 Å². The number of benzene rings is 1. The first kappa shape index (κ1) is 14.8. The lowest BCUT2D eigenvalue weighted by Gasteiger charge is -2.28. The van der Waals surface area contributed by atoms with Crippen LogP contribution in [-0.2, 0) is 4.74 Å². The van der Waals surface area contributed by atoms with E-state index in [0.29, 0.717) is 11.3 Å². The minimum atomic E-state index is -0.250. The van der Waals surface area contributed by atoms with Crippen LogP contribution in [0.1, 0.15) is 24.6 Å². The minimum Gasteiger partial charge on any atom is -1.00 e. The molecule has 0 aliphatic carbocycles. The molecule has 2 N–H and O–H groups in total. The van der Waals surface area contributed by atoms with Crippen molar-refractivity contribution in [3.05, 3.63) is 29.8 Å². The number of likely N-dealkylation sites (tertiary alicyclic amines) is 1. The van der Waals surface area contributed by atoms with Crippen molar-refractivity contribution in [2.75, 3.05) is 25.9 Å². The Labute approximate surface area is 115 Å². The molecule has 0 spiro atoms. The van der Waals surface area contributed by atoms with Gasteiger partial charge in [0, 0.05) is 18.8 Å². The molecule has 0 unspecified atom stereocenters. The number of nitrogens with two attached hydrogens (primary N) is 1. The van der Waals surface area contributed by atoms with Crippen molar-refractivity contribution in [2.24, 2.45) is 0 Å². The summed E-state index contributed by atoms with van der Waals surface area (Å²) < 4.78 is 5.46. The van der Waals surface area contributed by atoms with Gasteiger partial charge in [0.25, 0.3) is 0 Å². The van der Waals surface area contributed by atoms with Gasteiger partial charge in [-0.25, -0.2) is 4.79 Å². The minimum absolute atomic E-state index is 0. The van der Waals surface area contributed by atoms with Crippen LogP contribution >= 0.6 is 0 Å². The van der Waals surface area contributed by atoms with E-state index in [2.05, 4.69) is 11.9 Å². The average molecular weight is 271 g/mol. The van der Waals surface area contributed by atoms with Crippen molar-refractivity contribution in [1.29, 1.82) is 0 Å². The molecule has 1 aliphatic rings. The molecule has 1 aromatic carbocycles. The highest BCUT2D eigenvalue weighted by molar-refractivity contribution is 5.89. The number of anilines is 1. The molecule has 2 rings (SSSR count). The normalized spacial score (nSPS) is 16.9. The Morgan fingerprint density at radius 3 is 2.44 bits per heavy atom. The third-order valence-corrected chi connectivity index (χ3v) is 3.09. The summed E-state index contributed by atoms with van der Waals surface area (Å²) in [5.74, 6) is -0.250. The van der Waals surface area contributed by atoms with E-state index >= 15 is 0 Å². The SMILES string of the molecule is CN1CCC(OC(=O)c2ccc(N)cc2)CC1.[Cl-].[H+]. The molecule has 1 saturated heterocycles. The third-order valence-electron chi connectivity index (χ3n) is 3.09. The monoisotopic (exact) mass is 270 g/mol. The zero-order valence-corrected chi connectivity index (χ0v) is 11.2. The smallest absolute Gasteiger partial charge is 1.00 e. The molecule has 100 valence electrons. The average Bonchev–Trinajstić information content (AvgIpc) is 2.33. The molecule has 0 radical (unpaired) electrons. The van der Waals surface area contributed by atoms with Crippen LogP contribution in [0.2, 0.25) is 0 Å². The number of nitrogens with zero attached hydrogens (tertiary/aromatic N) is 1. The number of esters is 1. The number of hydrogen-bond acceptors (Lipinski definition) is 4. The molecular weight excluding hydrogens is 252 g/mol. The highest BCUT2D eigenvalue weighted by atomic mass is 35.5. The van der Waals surface area contributed by atoms with Crippen LogP contribution in [0.5, 0.6) is 0 Å². The zero-order valence-electron chi connectivity index (χ0n) is 11.4. The van der Waals surface area contributed by atoms with Crippen molar-refractivity contribution in [1.82, 2.24) is 4.90 Å². The van der Waals surface area contributed by atoms with Gasteiger partial charge in [0.15, 0.2) is 0 Å². The number of carbonyl (C=O) groups excluding carboxylic acids is 1. The number of hydrogen-bond donors (Lipinski definition) is 1. The van der Waals surface area contributed by atoms with E-state index in [4.69, 9.17) is 10.5 Å². The highest BCUT2D eigenvalue weighted by Crippen LogP contribution is 2.15. The number of ether oxygens (including phenoxy) is 1. The summed E-state index contributed by atoms with van der Waals surface area (Å²) in [4.78, 5) is 14.1. The predicted octanol–water partition coefficient (Wildman–Crippen LogP) is -1.36. The maximum Gasteiger partial charge on any atom is 1.00 e. The van der Waals surface area contributed by atoms with E-state index in [1.165, 1.54) is 0 Å². The zero-order chi connectivity index (χ0) is 12.3. The van der Waals surface area contributed by atoms with Gasteiger partial charge in [-0.15, -0.1) is 0 Å². The van der Waals surface area contributed by atoms with Crippen LogP contribution in [-0.4, -0.2) is 37.1 Å². The van der Waals surface area contributed by atoms with Crippen LogP contribution in [0.3, 0.4) is 0 Å². The third kappa shape index (κ3) is 3.89. The second-order valence-electron chi connectivity index (χ2n) is 4.53. The van der Waals surface area contributed by atoms with Gasteiger partial charge in [0.2, 0.25) is 0 Å². The first-order valence-corrected chi connectivity index (χ1v) is 5.90. The molecule has 0 atom stereocenters. The van der Waals surface area contributed by atoms with Gasteiger partial charge >= 0.3 is 7.40 Å². The van der Waals surface area contributed by atoms with Gasteiger partial charge in [0.05, 0.1) is 5.56 Å². The first-order chi connectivity index (χ1) is 8.15. The fourth-order valence-corrected chi connectivity index (χ4v) is 1.94. The van der Waals surface area contributed by atoms with E-state index in [9.17, 15) is 4.79 Å². The van der Waals surface area contributed by atoms with Crippen molar-refractivity contribution in [3.63, 3.8) is 0 Å². The number of carbonyl (C=O) groups is 1. The molecule has 1 fully saturated rings. The Hall–Kier alpha value is -1.26. The molecule has 0 amide bonds. The topological polar surface area (TPSA) is 55.6 Å². The first-order valence-electron chi connectivity index (χ1n) is 5.90. The number of halogens is 1. The summed E-state index contributed by atoms with van der Waals surface area (Å²) in [6.45, 7) is 1.97. The molecule has 4 nitrogen and oxygen atoms in total. The van der Waals surface area contributed by atoms with E-state index in [-0.39, 0.29) is 25.9 Å². The Kier molecular flexibility index (Phi) is 5.44. The Balaban J connectivity index is 0.00000162. The molecule has 0 aromatic heterocycles. The fourth-order valence-electron chi connectivity index (χ4n) is 1.94. The maximum absolute atomic E-state index is 11.8. The van der Waals surface area contributed by atoms with E-state index in [0.717, 1.165) is 25.9 Å². The molecular formula is C13H19ClN2O2. The Morgan fingerprint density at radius 1 is 1.33 bits per heavy atom. The predicted molar refractivity (Wildman–Crippen MR) is 67.9 cm³/mol. The van der Waals surface area contributed by atoms with Gasteiger partial charge in [0.1, 0.15) is 6.10 Å². The summed E-state index contributed by atoms with van der Waals surface area (Å²) in [5, 5.41) is 0. The summed E-state index contributed by atoms with van der Waals surface area (Å²) in [7, 11) is 2.08. The van der Waals surface area contributed by atoms with Gasteiger partial charge in [-0.3, -0.25) is 0 Å². The maximum atomic E-state index is 11.8. The van der Waals surface area contributed by atoms with E-state index in [1.807, 2.05) is 0 Å². The van der Waals surface area contributed by atoms with Crippen molar-refractivity contribution < 1.29 is 23.4 Å². The van der Waals surface area contributed by atoms with Gasteiger partial charge in [-0.2, -0.15) is 0 Å². The second kappa shape index (κ2) is 6.61. The van der Waals surface area contributed by atoms with E-state index < -0.39 is 0 Å². The van der Waals surface area contributed by atoms with Crippen molar-refractivity contribution in [3.8, 4) is 0 Å². The highest BCUT2D eigenvalue weighted by Gasteiger charge is 2.20. The largest absolute Gasteiger partial charge is 1.00 e. The number of nitrogen functional groups attached to an aromatic ring is 1. The Morgan fingerprint density at radius 2 is 1.89 bits per heavy atom. The second-order valence-corrected chi connectivity index (χ2v) is 4.53. The number of rotatable bonds is 2. The van der Waals surface area contributed by atoms with Gasteiger partial charge in [-0.05, 0) is 44.2 Å². The molecule has 5 heteroatoms.